The van der Waals surface area contributed by atoms with Gasteiger partial charge < -0.3 is 10.4 Å². The number of carbonyl (C=O) groups excluding carboxylic acids is 1. The van der Waals surface area contributed by atoms with Crippen LogP contribution in [-0.2, 0) is 0 Å². The molecule has 2 rings (SSSR count). The van der Waals surface area contributed by atoms with Crippen molar-refractivity contribution in [2.24, 2.45) is 0 Å². The number of rotatable bonds is 2. The molecule has 4 heteroatoms. The molecule has 3 nitrogen and oxygen atoms in total. The topological polar surface area (TPSA) is 49.3 Å². The van der Waals surface area contributed by atoms with Gasteiger partial charge in [-0.15, -0.1) is 0 Å². The zero-order chi connectivity index (χ0) is 14.0. The van der Waals surface area contributed by atoms with Gasteiger partial charge in [-0.25, -0.2) is 0 Å². The van der Waals surface area contributed by atoms with Crippen molar-refractivity contribution in [1.82, 2.24) is 0 Å². The van der Waals surface area contributed by atoms with Crippen LogP contribution >= 0.6 is 11.6 Å². The second-order valence-electron chi connectivity index (χ2n) is 4.32. The van der Waals surface area contributed by atoms with Crippen molar-refractivity contribution in [3.63, 3.8) is 0 Å². The normalized spacial score (nSPS) is 10.3. The highest BCUT2D eigenvalue weighted by atomic mass is 35.5. The fourth-order valence-corrected chi connectivity index (χ4v) is 2.00. The minimum atomic E-state index is -0.265. The molecule has 2 aromatic rings. The van der Waals surface area contributed by atoms with Gasteiger partial charge in [0.15, 0.2) is 0 Å². The molecule has 0 saturated carbocycles. The van der Waals surface area contributed by atoms with E-state index >= 15 is 0 Å². The molecule has 0 saturated heterocycles. The summed E-state index contributed by atoms with van der Waals surface area (Å²) < 4.78 is 0. The van der Waals surface area contributed by atoms with E-state index in [1.807, 2.05) is 6.92 Å². The minimum absolute atomic E-state index is 0.216. The first-order chi connectivity index (χ1) is 9.00. The SMILES string of the molecule is Cc1c(O)ccc(NC(=O)c2ccccc2Cl)c1C. The quantitative estimate of drug-likeness (QED) is 0.816. The first kappa shape index (κ1) is 13.4. The molecule has 98 valence electrons. The molecule has 0 atom stereocenters. The molecule has 2 aromatic carbocycles. The molecule has 2 N–H and O–H groups in total. The van der Waals surface area contributed by atoms with Crippen molar-refractivity contribution in [2.45, 2.75) is 13.8 Å². The van der Waals surface area contributed by atoms with Gasteiger partial charge in [0.05, 0.1) is 10.6 Å². The smallest absolute Gasteiger partial charge is 0.257 e. The number of carbonyl (C=O) groups is 1. The molecule has 0 fully saturated rings. The number of phenols is 1. The molecule has 0 aliphatic rings. The predicted octanol–water partition coefficient (Wildman–Crippen LogP) is 3.91. The lowest BCUT2D eigenvalue weighted by Gasteiger charge is -2.12. The van der Waals surface area contributed by atoms with Crippen molar-refractivity contribution in [3.05, 3.63) is 58.1 Å². The molecule has 0 unspecified atom stereocenters. The number of halogens is 1. The summed E-state index contributed by atoms with van der Waals surface area (Å²) in [6, 6.07) is 10.1. The minimum Gasteiger partial charge on any atom is -0.508 e. The average Bonchev–Trinajstić information content (AvgIpc) is 2.40. The summed E-state index contributed by atoms with van der Waals surface area (Å²) in [6.07, 6.45) is 0. The number of phenolic OH excluding ortho intramolecular Hbond substituents is 1. The van der Waals surface area contributed by atoms with Crippen LogP contribution in [-0.4, -0.2) is 11.0 Å². The molecule has 0 aliphatic heterocycles. The summed E-state index contributed by atoms with van der Waals surface area (Å²) in [7, 11) is 0. The molecule has 0 bridgehead atoms. The molecular formula is C15H14ClNO2. The summed E-state index contributed by atoms with van der Waals surface area (Å²) in [6.45, 7) is 3.65. The largest absolute Gasteiger partial charge is 0.508 e. The Balaban J connectivity index is 2.30. The maximum Gasteiger partial charge on any atom is 0.257 e. The van der Waals surface area contributed by atoms with Crippen molar-refractivity contribution in [1.29, 1.82) is 0 Å². The Kier molecular flexibility index (Phi) is 3.76. The summed E-state index contributed by atoms with van der Waals surface area (Å²) >= 11 is 5.98. The summed E-state index contributed by atoms with van der Waals surface area (Å²) in [4.78, 5) is 12.1. The van der Waals surface area contributed by atoms with E-state index in [-0.39, 0.29) is 11.7 Å². The van der Waals surface area contributed by atoms with Crippen LogP contribution in [0.3, 0.4) is 0 Å². The number of aromatic hydroxyl groups is 1. The van der Waals surface area contributed by atoms with Crippen LogP contribution in [0.1, 0.15) is 21.5 Å². The fraction of sp³-hybridized carbons (Fsp3) is 0.133. The highest BCUT2D eigenvalue weighted by Crippen LogP contribution is 2.27. The molecular weight excluding hydrogens is 262 g/mol. The van der Waals surface area contributed by atoms with Gasteiger partial charge in [-0.3, -0.25) is 4.79 Å². The lowest BCUT2D eigenvalue weighted by molar-refractivity contribution is 0.102. The van der Waals surface area contributed by atoms with E-state index in [1.54, 1.807) is 43.3 Å². The Hall–Kier alpha value is -2.00. The van der Waals surface area contributed by atoms with Crippen molar-refractivity contribution in [2.75, 3.05) is 5.32 Å². The number of hydrogen-bond acceptors (Lipinski definition) is 2. The Morgan fingerprint density at radius 2 is 1.79 bits per heavy atom. The van der Waals surface area contributed by atoms with Crippen LogP contribution < -0.4 is 5.32 Å². The van der Waals surface area contributed by atoms with E-state index in [9.17, 15) is 9.90 Å². The molecule has 0 aliphatic carbocycles. The highest BCUT2D eigenvalue weighted by molar-refractivity contribution is 6.34. The third-order valence-corrected chi connectivity index (χ3v) is 3.45. The number of benzene rings is 2. The van der Waals surface area contributed by atoms with Gasteiger partial charge >= 0.3 is 0 Å². The van der Waals surface area contributed by atoms with Gasteiger partial charge in [0.1, 0.15) is 5.75 Å². The second-order valence-corrected chi connectivity index (χ2v) is 4.72. The van der Waals surface area contributed by atoms with E-state index in [1.165, 1.54) is 0 Å². The summed E-state index contributed by atoms with van der Waals surface area (Å²) in [5.41, 5.74) is 2.67. The van der Waals surface area contributed by atoms with E-state index in [0.29, 0.717) is 16.3 Å². The van der Waals surface area contributed by atoms with Crippen molar-refractivity contribution in [3.8, 4) is 5.75 Å². The van der Waals surface area contributed by atoms with Crippen molar-refractivity contribution < 1.29 is 9.90 Å². The van der Waals surface area contributed by atoms with Crippen LogP contribution in [0, 0.1) is 13.8 Å². The van der Waals surface area contributed by atoms with Gasteiger partial charge in [-0.2, -0.15) is 0 Å². The van der Waals surface area contributed by atoms with Crippen LogP contribution in [0.25, 0.3) is 0 Å². The zero-order valence-electron chi connectivity index (χ0n) is 10.7. The van der Waals surface area contributed by atoms with Crippen LogP contribution in [0.5, 0.6) is 5.75 Å². The fourth-order valence-electron chi connectivity index (χ4n) is 1.78. The molecule has 0 spiro atoms. The van der Waals surface area contributed by atoms with Crippen LogP contribution in [0.15, 0.2) is 36.4 Å². The number of hydrogen-bond donors (Lipinski definition) is 2. The van der Waals surface area contributed by atoms with E-state index in [0.717, 1.165) is 11.1 Å². The first-order valence-electron chi connectivity index (χ1n) is 5.85. The van der Waals surface area contributed by atoms with Crippen molar-refractivity contribution >= 4 is 23.2 Å². The maximum absolute atomic E-state index is 12.1. The number of amides is 1. The third-order valence-electron chi connectivity index (χ3n) is 3.13. The van der Waals surface area contributed by atoms with Gasteiger partial charge in [0.25, 0.3) is 5.91 Å². The van der Waals surface area contributed by atoms with Gasteiger partial charge in [-0.05, 0) is 49.2 Å². The number of anilines is 1. The maximum atomic E-state index is 12.1. The van der Waals surface area contributed by atoms with E-state index < -0.39 is 0 Å². The molecule has 0 aromatic heterocycles. The van der Waals surface area contributed by atoms with Gasteiger partial charge in [0.2, 0.25) is 0 Å². The Bertz CT molecular complexity index is 638. The Morgan fingerprint density at radius 3 is 2.47 bits per heavy atom. The molecule has 1 amide bonds. The molecule has 0 radical (unpaired) electrons. The summed E-state index contributed by atoms with van der Waals surface area (Å²) in [5, 5.41) is 12.8. The Labute approximate surface area is 116 Å². The Morgan fingerprint density at radius 1 is 1.11 bits per heavy atom. The molecule has 19 heavy (non-hydrogen) atoms. The van der Waals surface area contributed by atoms with E-state index in [2.05, 4.69) is 5.32 Å². The molecule has 0 heterocycles. The van der Waals surface area contributed by atoms with Crippen LogP contribution in [0.4, 0.5) is 5.69 Å². The lowest BCUT2D eigenvalue weighted by Crippen LogP contribution is -2.13. The third kappa shape index (κ3) is 2.71. The first-order valence-corrected chi connectivity index (χ1v) is 6.23. The van der Waals surface area contributed by atoms with Gasteiger partial charge in [-0.1, -0.05) is 23.7 Å². The van der Waals surface area contributed by atoms with Gasteiger partial charge in [0, 0.05) is 5.69 Å². The highest BCUT2D eigenvalue weighted by Gasteiger charge is 2.12. The zero-order valence-corrected chi connectivity index (χ0v) is 11.5. The standard InChI is InChI=1S/C15H14ClNO2/c1-9-10(2)14(18)8-7-13(9)17-15(19)11-5-3-4-6-12(11)16/h3-8,18H,1-2H3,(H,17,19). The second kappa shape index (κ2) is 5.33. The van der Waals surface area contributed by atoms with E-state index in [4.69, 9.17) is 11.6 Å². The summed E-state index contributed by atoms with van der Waals surface area (Å²) in [5.74, 6) is -0.0490. The van der Waals surface area contributed by atoms with Crippen LogP contribution in [0.2, 0.25) is 5.02 Å². The monoisotopic (exact) mass is 275 g/mol. The average molecular weight is 276 g/mol. The lowest BCUT2D eigenvalue weighted by atomic mass is 10.1. The number of nitrogens with one attached hydrogen (secondary N) is 1. The predicted molar refractivity (Wildman–Crippen MR) is 77.0 cm³/mol.